The molecule has 1 aromatic carbocycles. The molecular weight excluding hydrogens is 324 g/mol. The van der Waals surface area contributed by atoms with E-state index in [1.54, 1.807) is 6.92 Å². The van der Waals surface area contributed by atoms with Crippen LogP contribution in [0.4, 0.5) is 0 Å². The van der Waals surface area contributed by atoms with Gasteiger partial charge in [0.2, 0.25) is 11.8 Å². The van der Waals surface area contributed by atoms with Crippen molar-refractivity contribution in [3.8, 4) is 0 Å². The van der Waals surface area contributed by atoms with Crippen LogP contribution in [0.3, 0.4) is 0 Å². The van der Waals surface area contributed by atoms with Crippen LogP contribution < -0.4 is 0 Å². The van der Waals surface area contributed by atoms with Gasteiger partial charge in [0.1, 0.15) is 0 Å². The molecule has 0 spiro atoms. The molecular formula is C19H25ClN2O2. The van der Waals surface area contributed by atoms with E-state index in [2.05, 4.69) is 0 Å². The quantitative estimate of drug-likeness (QED) is 0.842. The normalized spacial score (nSPS) is 22.0. The van der Waals surface area contributed by atoms with Gasteiger partial charge in [-0.1, -0.05) is 23.7 Å². The Kier molecular flexibility index (Phi) is 5.44. The van der Waals surface area contributed by atoms with Crippen molar-refractivity contribution in [1.29, 1.82) is 0 Å². The average molecular weight is 349 g/mol. The van der Waals surface area contributed by atoms with Gasteiger partial charge in [0, 0.05) is 38.1 Å². The maximum Gasteiger partial charge on any atom is 0.226 e. The van der Waals surface area contributed by atoms with Gasteiger partial charge < -0.3 is 9.80 Å². The van der Waals surface area contributed by atoms with Crippen LogP contribution in [0, 0.1) is 11.8 Å². The van der Waals surface area contributed by atoms with Gasteiger partial charge in [-0.3, -0.25) is 9.59 Å². The zero-order valence-corrected chi connectivity index (χ0v) is 15.0. The summed E-state index contributed by atoms with van der Waals surface area (Å²) in [6, 6.07) is 7.51. The van der Waals surface area contributed by atoms with Crippen molar-refractivity contribution in [3.05, 3.63) is 34.9 Å². The standard InChI is InChI=1S/C19H25ClN2O2/c1-14(23)21-9-6-16(7-10-21)17-8-11-22(13-17)19(24)12-15-2-4-18(20)5-3-15/h2-5,16-17H,6-13H2,1H3. The first kappa shape index (κ1) is 17.3. The van der Waals surface area contributed by atoms with E-state index in [0.717, 1.165) is 51.0 Å². The lowest BCUT2D eigenvalue weighted by Crippen LogP contribution is -2.39. The molecule has 2 heterocycles. The largest absolute Gasteiger partial charge is 0.343 e. The second kappa shape index (κ2) is 7.56. The number of benzene rings is 1. The van der Waals surface area contributed by atoms with E-state index >= 15 is 0 Å². The predicted octanol–water partition coefficient (Wildman–Crippen LogP) is 2.99. The number of carbonyl (C=O) groups is 2. The number of rotatable bonds is 3. The van der Waals surface area contributed by atoms with Crippen LogP contribution in [0.2, 0.25) is 5.02 Å². The van der Waals surface area contributed by atoms with E-state index in [1.165, 1.54) is 0 Å². The highest BCUT2D eigenvalue weighted by atomic mass is 35.5. The minimum Gasteiger partial charge on any atom is -0.343 e. The van der Waals surface area contributed by atoms with Crippen LogP contribution in [-0.2, 0) is 16.0 Å². The first-order valence-corrected chi connectivity index (χ1v) is 9.18. The maximum atomic E-state index is 12.5. The SMILES string of the molecule is CC(=O)N1CCC(C2CCN(C(=O)Cc3ccc(Cl)cc3)C2)CC1. The lowest BCUT2D eigenvalue weighted by Gasteiger charge is -2.34. The Labute approximate surface area is 148 Å². The molecule has 1 atom stereocenters. The average Bonchev–Trinajstić information content (AvgIpc) is 3.07. The Morgan fingerprint density at radius 2 is 1.58 bits per heavy atom. The van der Waals surface area contributed by atoms with Crippen LogP contribution in [0.15, 0.2) is 24.3 Å². The molecule has 0 aliphatic carbocycles. The van der Waals surface area contributed by atoms with Crippen molar-refractivity contribution in [1.82, 2.24) is 9.80 Å². The topological polar surface area (TPSA) is 40.6 Å². The number of nitrogens with zero attached hydrogens (tertiary/aromatic N) is 2. The molecule has 130 valence electrons. The fourth-order valence-corrected chi connectivity index (χ4v) is 4.10. The highest BCUT2D eigenvalue weighted by Crippen LogP contribution is 2.32. The first-order chi connectivity index (χ1) is 11.5. The van der Waals surface area contributed by atoms with Gasteiger partial charge in [0.25, 0.3) is 0 Å². The van der Waals surface area contributed by atoms with Crippen LogP contribution >= 0.6 is 11.6 Å². The minimum absolute atomic E-state index is 0.180. The van der Waals surface area contributed by atoms with Gasteiger partial charge in [-0.05, 0) is 48.8 Å². The molecule has 2 fully saturated rings. The minimum atomic E-state index is 0.180. The molecule has 1 aromatic rings. The van der Waals surface area contributed by atoms with Gasteiger partial charge in [0.15, 0.2) is 0 Å². The summed E-state index contributed by atoms with van der Waals surface area (Å²) in [6.07, 6.45) is 3.69. The number of amides is 2. The smallest absolute Gasteiger partial charge is 0.226 e. The molecule has 2 saturated heterocycles. The van der Waals surface area contributed by atoms with Gasteiger partial charge in [-0.25, -0.2) is 0 Å². The number of carbonyl (C=O) groups excluding carboxylic acids is 2. The number of hydrogen-bond donors (Lipinski definition) is 0. The van der Waals surface area contributed by atoms with E-state index in [0.29, 0.717) is 23.3 Å². The summed E-state index contributed by atoms with van der Waals surface area (Å²) in [6.45, 7) is 5.12. The molecule has 2 aliphatic heterocycles. The molecule has 0 saturated carbocycles. The second-order valence-corrected chi connectivity index (χ2v) is 7.47. The van der Waals surface area contributed by atoms with Crippen molar-refractivity contribution >= 4 is 23.4 Å². The van der Waals surface area contributed by atoms with Gasteiger partial charge in [-0.15, -0.1) is 0 Å². The lowest BCUT2D eigenvalue weighted by atomic mass is 9.84. The van der Waals surface area contributed by atoms with Crippen molar-refractivity contribution in [3.63, 3.8) is 0 Å². The van der Waals surface area contributed by atoms with Gasteiger partial charge >= 0.3 is 0 Å². The number of piperidine rings is 1. The Hall–Kier alpha value is -1.55. The van der Waals surface area contributed by atoms with E-state index in [9.17, 15) is 9.59 Å². The van der Waals surface area contributed by atoms with Crippen LogP contribution in [0.1, 0.15) is 31.7 Å². The molecule has 2 aliphatic rings. The van der Waals surface area contributed by atoms with Crippen molar-refractivity contribution in [2.24, 2.45) is 11.8 Å². The monoisotopic (exact) mass is 348 g/mol. The molecule has 5 heteroatoms. The van der Waals surface area contributed by atoms with E-state index in [4.69, 9.17) is 11.6 Å². The van der Waals surface area contributed by atoms with E-state index < -0.39 is 0 Å². The number of hydrogen-bond acceptors (Lipinski definition) is 2. The Balaban J connectivity index is 1.49. The van der Waals surface area contributed by atoms with E-state index in [-0.39, 0.29) is 11.8 Å². The zero-order valence-electron chi connectivity index (χ0n) is 14.2. The zero-order chi connectivity index (χ0) is 17.1. The molecule has 4 nitrogen and oxygen atoms in total. The Morgan fingerprint density at radius 1 is 1.00 bits per heavy atom. The summed E-state index contributed by atoms with van der Waals surface area (Å²) in [5.41, 5.74) is 1.02. The Bertz CT molecular complexity index is 594. The molecule has 0 N–H and O–H groups in total. The number of halogens is 1. The maximum absolute atomic E-state index is 12.5. The van der Waals surface area contributed by atoms with Crippen molar-refractivity contribution < 1.29 is 9.59 Å². The molecule has 0 aromatic heterocycles. The summed E-state index contributed by atoms with van der Waals surface area (Å²) >= 11 is 5.89. The molecule has 1 unspecified atom stereocenters. The summed E-state index contributed by atoms with van der Waals surface area (Å²) in [5, 5.41) is 0.698. The highest BCUT2D eigenvalue weighted by molar-refractivity contribution is 6.30. The third kappa shape index (κ3) is 4.10. The molecule has 3 rings (SSSR count). The highest BCUT2D eigenvalue weighted by Gasteiger charge is 2.33. The first-order valence-electron chi connectivity index (χ1n) is 8.80. The fraction of sp³-hybridized carbons (Fsp3) is 0.579. The van der Waals surface area contributed by atoms with Crippen LogP contribution in [0.25, 0.3) is 0 Å². The fourth-order valence-electron chi connectivity index (χ4n) is 3.97. The van der Waals surface area contributed by atoms with Crippen LogP contribution in [0.5, 0.6) is 0 Å². The number of likely N-dealkylation sites (tertiary alicyclic amines) is 2. The van der Waals surface area contributed by atoms with Crippen molar-refractivity contribution in [2.45, 2.75) is 32.6 Å². The lowest BCUT2D eigenvalue weighted by molar-refractivity contribution is -0.130. The van der Waals surface area contributed by atoms with Gasteiger partial charge in [-0.2, -0.15) is 0 Å². The molecule has 0 bridgehead atoms. The molecule has 24 heavy (non-hydrogen) atoms. The van der Waals surface area contributed by atoms with Gasteiger partial charge in [0.05, 0.1) is 6.42 Å². The summed E-state index contributed by atoms with van der Waals surface area (Å²) < 4.78 is 0. The summed E-state index contributed by atoms with van der Waals surface area (Å²) in [5.74, 6) is 1.63. The molecule has 2 amide bonds. The second-order valence-electron chi connectivity index (χ2n) is 7.04. The summed E-state index contributed by atoms with van der Waals surface area (Å²) in [4.78, 5) is 27.9. The molecule has 0 radical (unpaired) electrons. The predicted molar refractivity (Wildman–Crippen MR) is 94.8 cm³/mol. The Morgan fingerprint density at radius 3 is 2.21 bits per heavy atom. The third-order valence-electron chi connectivity index (χ3n) is 5.50. The van der Waals surface area contributed by atoms with Crippen LogP contribution in [-0.4, -0.2) is 47.8 Å². The summed E-state index contributed by atoms with van der Waals surface area (Å²) in [7, 11) is 0. The third-order valence-corrected chi connectivity index (χ3v) is 5.75. The van der Waals surface area contributed by atoms with Crippen molar-refractivity contribution in [2.75, 3.05) is 26.2 Å². The van der Waals surface area contributed by atoms with E-state index in [1.807, 2.05) is 34.1 Å².